The zero-order valence-corrected chi connectivity index (χ0v) is 15.2. The Labute approximate surface area is 157 Å². The molecule has 0 aliphatic heterocycles. The van der Waals surface area contributed by atoms with E-state index in [1.165, 1.54) is 0 Å². The number of anilines is 1. The number of para-hydroxylation sites is 1. The molecule has 3 aromatic rings. The van der Waals surface area contributed by atoms with Gasteiger partial charge in [0, 0.05) is 25.5 Å². The molecule has 0 unspecified atom stereocenters. The highest BCUT2D eigenvalue weighted by atomic mass is 16.5. The Bertz CT molecular complexity index is 876. The molecule has 140 valence electrons. The van der Waals surface area contributed by atoms with Gasteiger partial charge >= 0.3 is 0 Å². The highest BCUT2D eigenvalue weighted by Gasteiger charge is 2.14. The van der Waals surface area contributed by atoms with Crippen LogP contribution in [0.3, 0.4) is 0 Å². The summed E-state index contributed by atoms with van der Waals surface area (Å²) < 4.78 is 11.0. The molecule has 0 radical (unpaired) electrons. The number of rotatable bonds is 8. The number of carbonyl (C=O) groups excluding carboxylic acids is 1. The molecule has 2 N–H and O–H groups in total. The van der Waals surface area contributed by atoms with E-state index in [9.17, 15) is 4.79 Å². The molecule has 8 heteroatoms. The fraction of sp³-hybridized carbons (Fsp3) is 0.263. The standard InChI is InChI=1S/C19H21N5O3/c1-13-16(14(2)27-24-13)12-26-17-7-4-3-6-15(17)18(25)20-10-11-23-19-21-8-5-9-22-19/h3-9H,10-12H2,1-2H3,(H,20,25)(H,21,22,23). The van der Waals surface area contributed by atoms with Crippen LogP contribution in [-0.4, -0.2) is 34.1 Å². The molecule has 1 aromatic carbocycles. The topological polar surface area (TPSA) is 102 Å². The van der Waals surface area contributed by atoms with E-state index in [0.29, 0.717) is 42.7 Å². The van der Waals surface area contributed by atoms with Crippen molar-refractivity contribution in [3.63, 3.8) is 0 Å². The number of hydrogen-bond acceptors (Lipinski definition) is 7. The molecule has 0 atom stereocenters. The first-order chi connectivity index (χ1) is 13.1. The Balaban J connectivity index is 1.55. The van der Waals surface area contributed by atoms with Gasteiger partial charge in [-0.1, -0.05) is 17.3 Å². The molecule has 0 aliphatic carbocycles. The first-order valence-corrected chi connectivity index (χ1v) is 8.58. The minimum absolute atomic E-state index is 0.208. The van der Waals surface area contributed by atoms with Crippen LogP contribution in [0.2, 0.25) is 0 Å². The lowest BCUT2D eigenvalue weighted by Gasteiger charge is -2.12. The number of aromatic nitrogens is 3. The molecule has 2 aromatic heterocycles. The third-order valence-electron chi connectivity index (χ3n) is 3.94. The summed E-state index contributed by atoms with van der Waals surface area (Å²) in [5, 5.41) is 9.80. The Morgan fingerprint density at radius 3 is 2.63 bits per heavy atom. The van der Waals surface area contributed by atoms with Crippen molar-refractivity contribution >= 4 is 11.9 Å². The van der Waals surface area contributed by atoms with Gasteiger partial charge in [0.15, 0.2) is 0 Å². The van der Waals surface area contributed by atoms with E-state index in [4.69, 9.17) is 9.26 Å². The fourth-order valence-corrected chi connectivity index (χ4v) is 2.47. The number of benzene rings is 1. The second-order valence-electron chi connectivity index (χ2n) is 5.84. The van der Waals surface area contributed by atoms with E-state index in [1.807, 2.05) is 19.9 Å². The summed E-state index contributed by atoms with van der Waals surface area (Å²) in [6.07, 6.45) is 3.31. The summed E-state index contributed by atoms with van der Waals surface area (Å²) in [4.78, 5) is 20.6. The minimum atomic E-state index is -0.208. The predicted molar refractivity (Wildman–Crippen MR) is 99.6 cm³/mol. The molecular formula is C19H21N5O3. The second-order valence-corrected chi connectivity index (χ2v) is 5.84. The molecule has 0 spiro atoms. The number of hydrogen-bond donors (Lipinski definition) is 2. The number of amides is 1. The summed E-state index contributed by atoms with van der Waals surface area (Å²) in [6.45, 7) is 4.92. The molecule has 0 saturated carbocycles. The molecule has 2 heterocycles. The van der Waals surface area contributed by atoms with E-state index in [2.05, 4.69) is 25.8 Å². The maximum absolute atomic E-state index is 12.5. The normalized spacial score (nSPS) is 10.4. The number of aryl methyl sites for hydroxylation is 2. The lowest BCUT2D eigenvalue weighted by Crippen LogP contribution is -2.29. The quantitative estimate of drug-likeness (QED) is 0.590. The molecule has 3 rings (SSSR count). The molecular weight excluding hydrogens is 346 g/mol. The van der Waals surface area contributed by atoms with E-state index in [0.717, 1.165) is 11.3 Å². The molecule has 27 heavy (non-hydrogen) atoms. The lowest BCUT2D eigenvalue weighted by molar-refractivity contribution is 0.0950. The van der Waals surface area contributed by atoms with Gasteiger partial charge in [0.05, 0.1) is 16.8 Å². The van der Waals surface area contributed by atoms with E-state index >= 15 is 0 Å². The molecule has 8 nitrogen and oxygen atoms in total. The van der Waals surface area contributed by atoms with Crippen molar-refractivity contribution in [2.45, 2.75) is 20.5 Å². The van der Waals surface area contributed by atoms with Crippen LogP contribution in [-0.2, 0) is 6.61 Å². The first kappa shape index (κ1) is 18.4. The third kappa shape index (κ3) is 4.81. The SMILES string of the molecule is Cc1noc(C)c1COc1ccccc1C(=O)NCCNc1ncccn1. The van der Waals surface area contributed by atoms with Crippen molar-refractivity contribution in [1.29, 1.82) is 0 Å². The maximum atomic E-state index is 12.5. The number of ether oxygens (including phenoxy) is 1. The van der Waals surface area contributed by atoms with Gasteiger partial charge < -0.3 is 19.9 Å². The van der Waals surface area contributed by atoms with Crippen LogP contribution in [0, 0.1) is 13.8 Å². The zero-order chi connectivity index (χ0) is 19.1. The second kappa shape index (κ2) is 8.79. The summed E-state index contributed by atoms with van der Waals surface area (Å²) in [7, 11) is 0. The van der Waals surface area contributed by atoms with Crippen LogP contribution in [0.1, 0.15) is 27.4 Å². The maximum Gasteiger partial charge on any atom is 0.255 e. The van der Waals surface area contributed by atoms with Crippen LogP contribution in [0.5, 0.6) is 5.75 Å². The van der Waals surface area contributed by atoms with Crippen LogP contribution in [0.25, 0.3) is 0 Å². The highest BCUT2D eigenvalue weighted by Crippen LogP contribution is 2.21. The van der Waals surface area contributed by atoms with Crippen LogP contribution < -0.4 is 15.4 Å². The average molecular weight is 367 g/mol. The third-order valence-corrected chi connectivity index (χ3v) is 3.94. The van der Waals surface area contributed by atoms with Gasteiger partial charge in [-0.3, -0.25) is 4.79 Å². The molecule has 1 amide bonds. The Hall–Kier alpha value is -3.42. The van der Waals surface area contributed by atoms with Crippen molar-refractivity contribution < 1.29 is 14.1 Å². The molecule has 0 aliphatic rings. The Morgan fingerprint density at radius 1 is 1.11 bits per heavy atom. The van der Waals surface area contributed by atoms with Crippen LogP contribution in [0.15, 0.2) is 47.2 Å². The number of carbonyl (C=O) groups is 1. The van der Waals surface area contributed by atoms with Crippen molar-refractivity contribution in [1.82, 2.24) is 20.4 Å². The van der Waals surface area contributed by atoms with Crippen molar-refractivity contribution in [3.8, 4) is 5.75 Å². The lowest BCUT2D eigenvalue weighted by atomic mass is 10.2. The minimum Gasteiger partial charge on any atom is -0.488 e. The smallest absolute Gasteiger partial charge is 0.255 e. The largest absolute Gasteiger partial charge is 0.488 e. The van der Waals surface area contributed by atoms with Gasteiger partial charge in [-0.15, -0.1) is 0 Å². The summed E-state index contributed by atoms with van der Waals surface area (Å²) in [5.41, 5.74) is 2.14. The Morgan fingerprint density at radius 2 is 1.89 bits per heavy atom. The van der Waals surface area contributed by atoms with Crippen molar-refractivity contribution in [2.75, 3.05) is 18.4 Å². The fourth-order valence-electron chi connectivity index (χ4n) is 2.47. The van der Waals surface area contributed by atoms with Crippen molar-refractivity contribution in [2.24, 2.45) is 0 Å². The van der Waals surface area contributed by atoms with E-state index < -0.39 is 0 Å². The molecule has 0 saturated heterocycles. The number of nitrogens with zero attached hydrogens (tertiary/aromatic N) is 3. The van der Waals surface area contributed by atoms with E-state index in [-0.39, 0.29) is 5.91 Å². The highest BCUT2D eigenvalue weighted by molar-refractivity contribution is 5.96. The van der Waals surface area contributed by atoms with Gasteiger partial charge in [-0.2, -0.15) is 0 Å². The van der Waals surface area contributed by atoms with Gasteiger partial charge in [-0.25, -0.2) is 9.97 Å². The first-order valence-electron chi connectivity index (χ1n) is 8.58. The zero-order valence-electron chi connectivity index (χ0n) is 15.2. The van der Waals surface area contributed by atoms with Gasteiger partial charge in [0.1, 0.15) is 18.1 Å². The summed E-state index contributed by atoms with van der Waals surface area (Å²) >= 11 is 0. The van der Waals surface area contributed by atoms with Crippen molar-refractivity contribution in [3.05, 3.63) is 65.3 Å². The summed E-state index contributed by atoms with van der Waals surface area (Å²) in [6, 6.07) is 8.86. The molecule has 0 fully saturated rings. The Kier molecular flexibility index (Phi) is 5.98. The van der Waals surface area contributed by atoms with Gasteiger partial charge in [-0.05, 0) is 32.0 Å². The predicted octanol–water partition coefficient (Wildman–Crippen LogP) is 2.50. The van der Waals surface area contributed by atoms with Crippen LogP contribution in [0.4, 0.5) is 5.95 Å². The van der Waals surface area contributed by atoms with E-state index in [1.54, 1.807) is 36.7 Å². The monoisotopic (exact) mass is 367 g/mol. The van der Waals surface area contributed by atoms with Gasteiger partial charge in [0.2, 0.25) is 5.95 Å². The van der Waals surface area contributed by atoms with Crippen LogP contribution >= 0.6 is 0 Å². The summed E-state index contributed by atoms with van der Waals surface area (Å²) in [5.74, 6) is 1.54. The molecule has 0 bridgehead atoms. The van der Waals surface area contributed by atoms with Gasteiger partial charge in [0.25, 0.3) is 5.91 Å². The number of nitrogens with one attached hydrogen (secondary N) is 2. The average Bonchev–Trinajstić information content (AvgIpc) is 3.02.